The molecule has 0 aromatic heterocycles. The number of carbonyl (C=O) groups is 1. The minimum Gasteiger partial charge on any atom is -0.496 e. The molecule has 0 radical (unpaired) electrons. The van der Waals surface area contributed by atoms with E-state index in [1.165, 1.54) is 0 Å². The van der Waals surface area contributed by atoms with Gasteiger partial charge in [-0.15, -0.1) is 0 Å². The van der Waals surface area contributed by atoms with Crippen molar-refractivity contribution in [2.45, 2.75) is 20.3 Å². The molecule has 6 heteroatoms. The van der Waals surface area contributed by atoms with Gasteiger partial charge >= 0.3 is 6.03 Å². The third-order valence-corrected chi connectivity index (χ3v) is 3.96. The molecule has 0 aliphatic carbocycles. The van der Waals surface area contributed by atoms with Crippen LogP contribution in [0.15, 0.2) is 36.4 Å². The van der Waals surface area contributed by atoms with Crippen LogP contribution in [-0.2, 0) is 6.42 Å². The van der Waals surface area contributed by atoms with Crippen molar-refractivity contribution in [1.29, 1.82) is 0 Å². The van der Waals surface area contributed by atoms with Crippen molar-refractivity contribution in [1.82, 2.24) is 5.32 Å². The second kappa shape index (κ2) is 9.56. The predicted molar refractivity (Wildman–Crippen MR) is 103 cm³/mol. The molecule has 2 N–H and O–H groups in total. The van der Waals surface area contributed by atoms with Crippen LogP contribution in [0.4, 0.5) is 10.5 Å². The minimum absolute atomic E-state index is 0.249. The molecule has 0 bridgehead atoms. The number of urea groups is 1. The number of aryl methyl sites for hydroxylation is 2. The van der Waals surface area contributed by atoms with Gasteiger partial charge in [0, 0.05) is 23.9 Å². The minimum atomic E-state index is -0.249. The molecule has 0 fully saturated rings. The molecule has 6 nitrogen and oxygen atoms in total. The van der Waals surface area contributed by atoms with Crippen molar-refractivity contribution < 1.29 is 19.0 Å². The van der Waals surface area contributed by atoms with Crippen LogP contribution in [0.5, 0.6) is 17.2 Å². The molecule has 2 amide bonds. The van der Waals surface area contributed by atoms with E-state index in [1.807, 2.05) is 25.1 Å². The topological polar surface area (TPSA) is 68.8 Å². The molecule has 140 valence electrons. The maximum atomic E-state index is 12.1. The monoisotopic (exact) mass is 358 g/mol. The molecule has 0 saturated heterocycles. The van der Waals surface area contributed by atoms with Gasteiger partial charge in [-0.1, -0.05) is 25.1 Å². The first-order chi connectivity index (χ1) is 12.6. The van der Waals surface area contributed by atoms with Gasteiger partial charge in [-0.2, -0.15) is 0 Å². The Morgan fingerprint density at radius 2 is 1.69 bits per heavy atom. The van der Waals surface area contributed by atoms with Crippen molar-refractivity contribution in [2.75, 3.05) is 32.7 Å². The van der Waals surface area contributed by atoms with E-state index in [-0.39, 0.29) is 6.03 Å². The number of methoxy groups -OCH3 is 2. The zero-order valence-electron chi connectivity index (χ0n) is 15.7. The highest BCUT2D eigenvalue weighted by molar-refractivity contribution is 5.91. The molecular formula is C20H26N2O4. The zero-order chi connectivity index (χ0) is 18.9. The van der Waals surface area contributed by atoms with Crippen molar-refractivity contribution in [3.8, 4) is 17.2 Å². The summed E-state index contributed by atoms with van der Waals surface area (Å²) in [7, 11) is 3.17. The number of nitrogens with one attached hydrogen (secondary N) is 2. The van der Waals surface area contributed by atoms with Crippen LogP contribution in [0, 0.1) is 6.92 Å². The highest BCUT2D eigenvalue weighted by Gasteiger charge is 2.08. The average Bonchev–Trinajstić information content (AvgIpc) is 2.66. The summed E-state index contributed by atoms with van der Waals surface area (Å²) in [4.78, 5) is 12.1. The lowest BCUT2D eigenvalue weighted by Crippen LogP contribution is -2.32. The number of rotatable bonds is 8. The van der Waals surface area contributed by atoms with E-state index >= 15 is 0 Å². The fourth-order valence-electron chi connectivity index (χ4n) is 2.56. The van der Waals surface area contributed by atoms with E-state index < -0.39 is 0 Å². The average molecular weight is 358 g/mol. The summed E-state index contributed by atoms with van der Waals surface area (Å²) in [5.74, 6) is 1.92. The van der Waals surface area contributed by atoms with E-state index in [1.54, 1.807) is 32.4 Å². The zero-order valence-corrected chi connectivity index (χ0v) is 15.7. The van der Waals surface area contributed by atoms with E-state index in [0.29, 0.717) is 30.4 Å². The third kappa shape index (κ3) is 5.31. The van der Waals surface area contributed by atoms with Gasteiger partial charge in [0.15, 0.2) is 0 Å². The number of carbonyl (C=O) groups excluding carboxylic acids is 1. The van der Waals surface area contributed by atoms with Gasteiger partial charge < -0.3 is 24.8 Å². The maximum Gasteiger partial charge on any atom is 0.319 e. The number of anilines is 1. The molecule has 0 atom stereocenters. The van der Waals surface area contributed by atoms with Crippen LogP contribution < -0.4 is 24.8 Å². The highest BCUT2D eigenvalue weighted by atomic mass is 16.5. The summed E-state index contributed by atoms with van der Waals surface area (Å²) in [6, 6.07) is 11.0. The second-order valence-electron chi connectivity index (χ2n) is 5.74. The Morgan fingerprint density at radius 3 is 2.31 bits per heavy atom. The number of hydrogen-bond donors (Lipinski definition) is 2. The fourth-order valence-corrected chi connectivity index (χ4v) is 2.56. The van der Waals surface area contributed by atoms with Gasteiger partial charge in [0.1, 0.15) is 23.9 Å². The smallest absolute Gasteiger partial charge is 0.319 e. The molecule has 0 aliphatic heterocycles. The Morgan fingerprint density at radius 1 is 1.04 bits per heavy atom. The standard InChI is InChI=1S/C20H26N2O4/c1-5-15-8-6-7-14(2)19(15)22-20(23)21-9-10-26-18-12-16(24-3)11-17(13-18)25-4/h6-8,11-13H,5,9-10H2,1-4H3,(H2,21,22,23). The first-order valence-electron chi connectivity index (χ1n) is 8.56. The molecular weight excluding hydrogens is 332 g/mol. The summed E-state index contributed by atoms with van der Waals surface area (Å²) in [5.41, 5.74) is 3.02. The Hall–Kier alpha value is -2.89. The molecule has 0 unspecified atom stereocenters. The molecule has 0 heterocycles. The number of ether oxygens (including phenoxy) is 3. The highest BCUT2D eigenvalue weighted by Crippen LogP contribution is 2.27. The number of para-hydroxylation sites is 1. The fraction of sp³-hybridized carbons (Fsp3) is 0.350. The van der Waals surface area contributed by atoms with Crippen LogP contribution in [0.25, 0.3) is 0 Å². The summed E-state index contributed by atoms with van der Waals surface area (Å²) in [5, 5.41) is 5.72. The van der Waals surface area contributed by atoms with Crippen LogP contribution >= 0.6 is 0 Å². The van der Waals surface area contributed by atoms with Crippen molar-refractivity contribution in [3.05, 3.63) is 47.5 Å². The molecule has 2 rings (SSSR count). The predicted octanol–water partition coefficient (Wildman–Crippen LogP) is 3.78. The largest absolute Gasteiger partial charge is 0.496 e. The lowest BCUT2D eigenvalue weighted by Gasteiger charge is -2.14. The molecule has 0 spiro atoms. The second-order valence-corrected chi connectivity index (χ2v) is 5.74. The van der Waals surface area contributed by atoms with Gasteiger partial charge in [-0.25, -0.2) is 4.79 Å². The van der Waals surface area contributed by atoms with Gasteiger partial charge in [-0.05, 0) is 24.5 Å². The Labute approximate surface area is 154 Å². The lowest BCUT2D eigenvalue weighted by molar-refractivity contribution is 0.247. The van der Waals surface area contributed by atoms with Crippen molar-refractivity contribution >= 4 is 11.7 Å². The van der Waals surface area contributed by atoms with Crippen LogP contribution in [0.3, 0.4) is 0 Å². The first kappa shape index (κ1) is 19.4. The SMILES string of the molecule is CCc1cccc(C)c1NC(=O)NCCOc1cc(OC)cc(OC)c1. The van der Waals surface area contributed by atoms with E-state index in [0.717, 1.165) is 23.2 Å². The van der Waals surface area contributed by atoms with Crippen LogP contribution in [-0.4, -0.2) is 33.4 Å². The van der Waals surface area contributed by atoms with Gasteiger partial charge in [0.25, 0.3) is 0 Å². The number of hydrogen-bond acceptors (Lipinski definition) is 4. The van der Waals surface area contributed by atoms with Gasteiger partial charge in [0.05, 0.1) is 20.8 Å². The van der Waals surface area contributed by atoms with Crippen LogP contribution in [0.2, 0.25) is 0 Å². The normalized spacial score (nSPS) is 10.2. The lowest BCUT2D eigenvalue weighted by atomic mass is 10.1. The summed E-state index contributed by atoms with van der Waals surface area (Å²) < 4.78 is 16.1. The summed E-state index contributed by atoms with van der Waals surface area (Å²) in [6.45, 7) is 4.75. The Bertz CT molecular complexity index is 724. The van der Waals surface area contributed by atoms with E-state index in [2.05, 4.69) is 17.6 Å². The first-order valence-corrected chi connectivity index (χ1v) is 8.56. The van der Waals surface area contributed by atoms with Crippen molar-refractivity contribution in [3.63, 3.8) is 0 Å². The quantitative estimate of drug-likeness (QED) is 0.705. The van der Waals surface area contributed by atoms with Gasteiger partial charge in [-0.3, -0.25) is 0 Å². The van der Waals surface area contributed by atoms with E-state index in [4.69, 9.17) is 14.2 Å². The molecule has 2 aromatic carbocycles. The Kier molecular flexibility index (Phi) is 7.14. The number of benzene rings is 2. The summed E-state index contributed by atoms with van der Waals surface area (Å²) in [6.07, 6.45) is 0.859. The van der Waals surface area contributed by atoms with E-state index in [9.17, 15) is 4.79 Å². The molecule has 26 heavy (non-hydrogen) atoms. The van der Waals surface area contributed by atoms with Gasteiger partial charge in [0.2, 0.25) is 0 Å². The Balaban J connectivity index is 1.84. The molecule has 0 aliphatic rings. The summed E-state index contributed by atoms with van der Waals surface area (Å²) >= 11 is 0. The third-order valence-electron chi connectivity index (χ3n) is 3.96. The maximum absolute atomic E-state index is 12.1. The van der Waals surface area contributed by atoms with Crippen LogP contribution in [0.1, 0.15) is 18.1 Å². The molecule has 0 saturated carbocycles. The molecule has 2 aromatic rings. The van der Waals surface area contributed by atoms with Crippen molar-refractivity contribution in [2.24, 2.45) is 0 Å². The number of amides is 2.